The minimum atomic E-state index is -0.813. The number of carboxylic acids is 1. The van der Waals surface area contributed by atoms with E-state index in [0.29, 0.717) is 6.42 Å². The lowest BCUT2D eigenvalue weighted by atomic mass is 10.2. The standard InChI is InChI=1S/C6H11NO2/c1-2-5(7)3-4-6(8)9/h2,5H,1,3-4,7H2,(H,8,9)/i1+2. The summed E-state index contributed by atoms with van der Waals surface area (Å²) in [5.74, 6) is -0.813. The summed E-state index contributed by atoms with van der Waals surface area (Å²) in [6.07, 6.45) is 2.13. The molecule has 1 unspecified atom stereocenters. The Kier molecular flexibility index (Phi) is 3.71. The van der Waals surface area contributed by atoms with Crippen LogP contribution in [0.4, 0.5) is 0 Å². The second-order valence-electron chi connectivity index (χ2n) is 1.83. The van der Waals surface area contributed by atoms with Crippen molar-refractivity contribution in [3.63, 3.8) is 0 Å². The van der Waals surface area contributed by atoms with Crippen LogP contribution < -0.4 is 5.73 Å². The highest BCUT2D eigenvalue weighted by Crippen LogP contribution is 1.93. The topological polar surface area (TPSA) is 63.3 Å². The van der Waals surface area contributed by atoms with Crippen molar-refractivity contribution < 1.29 is 9.90 Å². The molecule has 0 aliphatic rings. The molecule has 0 saturated carbocycles. The van der Waals surface area contributed by atoms with E-state index in [2.05, 4.69) is 6.58 Å². The summed E-state index contributed by atoms with van der Waals surface area (Å²) in [6, 6.07) is -0.180. The van der Waals surface area contributed by atoms with Crippen molar-refractivity contribution in [2.45, 2.75) is 18.9 Å². The van der Waals surface area contributed by atoms with Gasteiger partial charge in [-0.15, -0.1) is 6.58 Å². The summed E-state index contributed by atoms with van der Waals surface area (Å²) < 4.78 is 0. The molecule has 0 radical (unpaired) electrons. The van der Waals surface area contributed by atoms with Crippen molar-refractivity contribution in [3.8, 4) is 0 Å². The molecule has 0 aromatic heterocycles. The summed E-state index contributed by atoms with van der Waals surface area (Å²) in [5.41, 5.74) is 5.34. The van der Waals surface area contributed by atoms with Gasteiger partial charge in [0.15, 0.2) is 0 Å². The predicted octanol–water partition coefficient (Wildman–Crippen LogP) is 0.365. The van der Waals surface area contributed by atoms with Gasteiger partial charge in [0.25, 0.3) is 0 Å². The molecule has 3 nitrogen and oxygen atoms in total. The van der Waals surface area contributed by atoms with Gasteiger partial charge in [0.05, 0.1) is 0 Å². The summed E-state index contributed by atoms with van der Waals surface area (Å²) in [4.78, 5) is 9.93. The van der Waals surface area contributed by atoms with Gasteiger partial charge in [-0.25, -0.2) is 0 Å². The van der Waals surface area contributed by atoms with Gasteiger partial charge < -0.3 is 10.8 Å². The van der Waals surface area contributed by atoms with Crippen molar-refractivity contribution in [3.05, 3.63) is 12.7 Å². The van der Waals surface area contributed by atoms with Gasteiger partial charge >= 0.3 is 5.97 Å². The maximum Gasteiger partial charge on any atom is 0.303 e. The second kappa shape index (κ2) is 4.09. The van der Waals surface area contributed by atoms with Gasteiger partial charge in [-0.05, 0) is 6.42 Å². The van der Waals surface area contributed by atoms with Crippen molar-refractivity contribution in [1.29, 1.82) is 0 Å². The smallest absolute Gasteiger partial charge is 0.303 e. The van der Waals surface area contributed by atoms with Crippen LogP contribution in [0.3, 0.4) is 0 Å². The Morgan fingerprint density at radius 1 is 1.89 bits per heavy atom. The third-order valence-corrected chi connectivity index (χ3v) is 0.994. The largest absolute Gasteiger partial charge is 0.481 e. The highest BCUT2D eigenvalue weighted by atomic mass is 16.4. The number of aliphatic carboxylic acids is 1. The Balaban J connectivity index is 3.26. The molecule has 0 fully saturated rings. The Hall–Kier alpha value is -0.830. The van der Waals surface area contributed by atoms with E-state index >= 15 is 0 Å². The van der Waals surface area contributed by atoms with Crippen LogP contribution in [-0.2, 0) is 4.79 Å². The third kappa shape index (κ3) is 5.03. The molecule has 0 saturated heterocycles. The molecule has 1 atom stereocenters. The first-order valence-electron chi connectivity index (χ1n) is 2.76. The van der Waals surface area contributed by atoms with Crippen LogP contribution in [-0.4, -0.2) is 17.1 Å². The molecule has 0 amide bonds. The first-order valence-corrected chi connectivity index (χ1v) is 2.76. The van der Waals surface area contributed by atoms with Crippen LogP contribution in [0.25, 0.3) is 0 Å². The molecule has 0 heterocycles. The van der Waals surface area contributed by atoms with E-state index in [-0.39, 0.29) is 12.5 Å². The van der Waals surface area contributed by atoms with Crippen molar-refractivity contribution >= 4 is 5.97 Å². The Bertz CT molecular complexity index is 112. The number of rotatable bonds is 4. The number of hydrogen-bond donors (Lipinski definition) is 2. The van der Waals surface area contributed by atoms with Crippen LogP contribution in [0.1, 0.15) is 12.8 Å². The van der Waals surface area contributed by atoms with E-state index in [1.54, 1.807) is 6.08 Å². The Labute approximate surface area is 54.2 Å². The molecule has 0 bridgehead atoms. The van der Waals surface area contributed by atoms with Gasteiger partial charge in [-0.2, -0.15) is 0 Å². The first-order chi connectivity index (χ1) is 4.16. The molecular weight excluding hydrogens is 120 g/mol. The second-order valence-corrected chi connectivity index (χ2v) is 1.83. The average Bonchev–Trinajstić information content (AvgIpc) is 1.83. The molecule has 0 aliphatic carbocycles. The minimum Gasteiger partial charge on any atom is -0.481 e. The number of carbonyl (C=O) groups is 1. The lowest BCUT2D eigenvalue weighted by molar-refractivity contribution is -0.137. The lowest BCUT2D eigenvalue weighted by Gasteiger charge is -2.00. The van der Waals surface area contributed by atoms with E-state index in [1.165, 1.54) is 0 Å². The van der Waals surface area contributed by atoms with Gasteiger partial charge in [0.1, 0.15) is 0 Å². The molecule has 0 aromatic rings. The maximum atomic E-state index is 9.93. The summed E-state index contributed by atoms with van der Waals surface area (Å²) in [6.45, 7) is 3.42. The molecule has 3 heteroatoms. The molecule has 0 rings (SSSR count). The first kappa shape index (κ1) is 8.17. The number of carboxylic acid groups (broad SMARTS) is 1. The van der Waals surface area contributed by atoms with E-state index < -0.39 is 5.97 Å². The van der Waals surface area contributed by atoms with Gasteiger partial charge in [0, 0.05) is 12.5 Å². The monoisotopic (exact) mass is 131 g/mol. The Morgan fingerprint density at radius 2 is 2.44 bits per heavy atom. The van der Waals surface area contributed by atoms with E-state index in [1.807, 2.05) is 0 Å². The van der Waals surface area contributed by atoms with Crippen LogP contribution >= 0.6 is 0 Å². The third-order valence-electron chi connectivity index (χ3n) is 0.994. The molecule has 0 aromatic carbocycles. The molecule has 3 N–H and O–H groups in total. The van der Waals surface area contributed by atoms with Crippen molar-refractivity contribution in [1.82, 2.24) is 0 Å². The summed E-state index contributed by atoms with van der Waals surface area (Å²) >= 11 is 0. The summed E-state index contributed by atoms with van der Waals surface area (Å²) in [5, 5.41) is 8.17. The quantitative estimate of drug-likeness (QED) is 0.541. The van der Waals surface area contributed by atoms with Crippen LogP contribution in [0.2, 0.25) is 0 Å². The maximum absolute atomic E-state index is 9.93. The zero-order chi connectivity index (χ0) is 7.28. The van der Waals surface area contributed by atoms with Crippen LogP contribution in [0, 0.1) is 0 Å². The highest BCUT2D eigenvalue weighted by molar-refractivity contribution is 5.66. The highest BCUT2D eigenvalue weighted by Gasteiger charge is 1.99. The molecule has 0 aliphatic heterocycles. The van der Waals surface area contributed by atoms with Gasteiger partial charge in [-0.1, -0.05) is 6.08 Å². The predicted molar refractivity (Wildman–Crippen MR) is 35.0 cm³/mol. The molecule has 52 valence electrons. The van der Waals surface area contributed by atoms with Crippen LogP contribution in [0.5, 0.6) is 0 Å². The SMILES string of the molecule is [14CH2]=CC(N)CCC(=O)O. The lowest BCUT2D eigenvalue weighted by Crippen LogP contribution is -2.17. The fourth-order valence-electron chi connectivity index (χ4n) is 0.408. The van der Waals surface area contributed by atoms with Crippen molar-refractivity contribution in [2.24, 2.45) is 5.73 Å². The minimum absolute atomic E-state index is 0.118. The summed E-state index contributed by atoms with van der Waals surface area (Å²) in [7, 11) is 0. The normalized spacial score (nSPS) is 12.6. The number of nitrogens with two attached hydrogens (primary N) is 1. The van der Waals surface area contributed by atoms with Gasteiger partial charge in [-0.3, -0.25) is 4.79 Å². The van der Waals surface area contributed by atoms with Crippen LogP contribution in [0.15, 0.2) is 12.7 Å². The van der Waals surface area contributed by atoms with E-state index in [0.717, 1.165) is 0 Å². The fraction of sp³-hybridized carbons (Fsp3) is 0.500. The average molecular weight is 131 g/mol. The zero-order valence-corrected chi connectivity index (χ0v) is 5.21. The molecule has 0 spiro atoms. The van der Waals surface area contributed by atoms with Gasteiger partial charge in [0.2, 0.25) is 0 Å². The van der Waals surface area contributed by atoms with Crippen molar-refractivity contribution in [2.75, 3.05) is 0 Å². The Morgan fingerprint density at radius 3 is 2.78 bits per heavy atom. The molecular formula is C6H11NO2. The molecule has 9 heavy (non-hydrogen) atoms. The fourth-order valence-corrected chi connectivity index (χ4v) is 0.408. The van der Waals surface area contributed by atoms with E-state index in [4.69, 9.17) is 10.8 Å². The van der Waals surface area contributed by atoms with E-state index in [9.17, 15) is 4.79 Å². The zero-order valence-electron chi connectivity index (χ0n) is 5.21. The number of hydrogen-bond acceptors (Lipinski definition) is 2.